The van der Waals surface area contributed by atoms with Crippen molar-refractivity contribution in [3.8, 4) is 0 Å². The van der Waals surface area contributed by atoms with E-state index in [-0.39, 0.29) is 12.1 Å². The number of esters is 1. The first-order chi connectivity index (χ1) is 12.7. The number of carbonyl (C=O) groups is 1. The number of benzene rings is 2. The van der Waals surface area contributed by atoms with Crippen LogP contribution in [0, 0.1) is 5.41 Å². The van der Waals surface area contributed by atoms with Crippen molar-refractivity contribution in [2.45, 2.75) is 31.0 Å². The molecular weight excluding hydrogens is 326 g/mol. The number of carbonyl (C=O) groups excluding carboxylic acids is 1. The number of hydrogen-bond acceptors (Lipinski definition) is 4. The highest BCUT2D eigenvalue weighted by atomic mass is 16.5. The lowest BCUT2D eigenvalue weighted by Gasteiger charge is -2.50. The molecule has 136 valence electrons. The third-order valence-corrected chi connectivity index (χ3v) is 5.99. The molecule has 4 nitrogen and oxygen atoms in total. The van der Waals surface area contributed by atoms with Crippen molar-refractivity contribution >= 4 is 5.97 Å². The summed E-state index contributed by atoms with van der Waals surface area (Å²) in [6.45, 7) is 0.758. The molecule has 0 aromatic heterocycles. The molecule has 1 N–H and O–H groups in total. The van der Waals surface area contributed by atoms with Gasteiger partial charge in [0.15, 0.2) is 0 Å². The first-order valence-corrected chi connectivity index (χ1v) is 9.23. The summed E-state index contributed by atoms with van der Waals surface area (Å²) in [4.78, 5) is 13.2. The van der Waals surface area contributed by atoms with Crippen molar-refractivity contribution < 1.29 is 14.3 Å². The average molecular weight is 351 g/mol. The van der Waals surface area contributed by atoms with Crippen molar-refractivity contribution in [3.05, 3.63) is 71.3 Å². The van der Waals surface area contributed by atoms with E-state index in [0.29, 0.717) is 6.42 Å². The summed E-state index contributed by atoms with van der Waals surface area (Å²) in [6, 6.07) is 18.4. The van der Waals surface area contributed by atoms with Gasteiger partial charge in [0.1, 0.15) is 11.0 Å². The van der Waals surface area contributed by atoms with Gasteiger partial charge in [0.25, 0.3) is 0 Å². The van der Waals surface area contributed by atoms with Crippen LogP contribution in [0.15, 0.2) is 54.6 Å². The number of hydrogen-bond donors (Lipinski definition) is 1. The molecule has 2 aromatic carbocycles. The van der Waals surface area contributed by atoms with Gasteiger partial charge >= 0.3 is 5.97 Å². The van der Waals surface area contributed by atoms with Gasteiger partial charge in [-0.15, -0.1) is 0 Å². The molecule has 0 bridgehead atoms. The molecule has 4 rings (SSSR count). The van der Waals surface area contributed by atoms with E-state index in [4.69, 9.17) is 9.47 Å². The minimum atomic E-state index is -0.808. The molecule has 0 radical (unpaired) electrons. The third-order valence-electron chi connectivity index (χ3n) is 5.99. The number of rotatable bonds is 4. The van der Waals surface area contributed by atoms with Gasteiger partial charge in [0.05, 0.1) is 13.2 Å². The molecule has 1 aliphatic heterocycles. The van der Waals surface area contributed by atoms with E-state index < -0.39 is 11.0 Å². The fourth-order valence-electron chi connectivity index (χ4n) is 4.94. The summed E-state index contributed by atoms with van der Waals surface area (Å²) < 4.78 is 12.1. The van der Waals surface area contributed by atoms with Gasteiger partial charge in [-0.2, -0.15) is 0 Å². The largest absolute Gasteiger partial charge is 0.468 e. The predicted molar refractivity (Wildman–Crippen MR) is 99.9 cm³/mol. The Morgan fingerprint density at radius 1 is 1.19 bits per heavy atom. The maximum atomic E-state index is 13.2. The van der Waals surface area contributed by atoms with Crippen molar-refractivity contribution in [1.29, 1.82) is 0 Å². The van der Waals surface area contributed by atoms with Crippen LogP contribution in [0.5, 0.6) is 0 Å². The first-order valence-electron chi connectivity index (χ1n) is 9.23. The molecule has 1 aliphatic carbocycles. The number of likely N-dealkylation sites (N-methyl/N-ethyl adjacent to an activating group) is 1. The van der Waals surface area contributed by atoms with Crippen LogP contribution in [0.25, 0.3) is 0 Å². The third kappa shape index (κ3) is 2.25. The zero-order valence-electron chi connectivity index (χ0n) is 15.3. The van der Waals surface area contributed by atoms with E-state index in [2.05, 4.69) is 29.6 Å². The van der Waals surface area contributed by atoms with Gasteiger partial charge in [0, 0.05) is 6.54 Å². The maximum absolute atomic E-state index is 13.2. The Bertz CT molecular complexity index is 806. The van der Waals surface area contributed by atoms with Crippen molar-refractivity contribution in [3.63, 3.8) is 0 Å². The Kier molecular flexibility index (Phi) is 4.33. The lowest BCUT2D eigenvalue weighted by molar-refractivity contribution is -0.203. The zero-order valence-corrected chi connectivity index (χ0v) is 15.3. The first kappa shape index (κ1) is 17.3. The Morgan fingerprint density at radius 2 is 1.92 bits per heavy atom. The second-order valence-corrected chi connectivity index (χ2v) is 7.29. The highest BCUT2D eigenvalue weighted by molar-refractivity contribution is 5.83. The maximum Gasteiger partial charge on any atom is 0.315 e. The number of nitrogens with one attached hydrogen (secondary N) is 1. The normalized spacial score (nSPS) is 29.7. The lowest BCUT2D eigenvalue weighted by atomic mass is 9.64. The van der Waals surface area contributed by atoms with Gasteiger partial charge in [-0.25, -0.2) is 0 Å². The Labute approximate surface area is 154 Å². The SMILES string of the molecule is CNC[C@@H]1CC[C@]2(C(=O)OC)Cc3ccccc3[C@]2(c2ccccc2)O1. The van der Waals surface area contributed by atoms with Crippen LogP contribution in [0.1, 0.15) is 29.5 Å². The zero-order chi connectivity index (χ0) is 18.2. The molecule has 1 saturated heterocycles. The molecule has 4 heteroatoms. The Morgan fingerprint density at radius 3 is 2.65 bits per heavy atom. The van der Waals surface area contributed by atoms with Crippen molar-refractivity contribution in [2.24, 2.45) is 5.41 Å². The molecule has 2 aliphatic rings. The van der Waals surface area contributed by atoms with E-state index in [1.165, 1.54) is 12.7 Å². The topological polar surface area (TPSA) is 47.6 Å². The summed E-state index contributed by atoms with van der Waals surface area (Å²) in [5.41, 5.74) is 1.76. The minimum absolute atomic E-state index is 0.0455. The molecule has 3 atom stereocenters. The summed E-state index contributed by atoms with van der Waals surface area (Å²) in [7, 11) is 3.42. The van der Waals surface area contributed by atoms with E-state index in [1.54, 1.807) is 0 Å². The highest BCUT2D eigenvalue weighted by Gasteiger charge is 2.66. The molecule has 26 heavy (non-hydrogen) atoms. The van der Waals surface area contributed by atoms with E-state index in [0.717, 1.165) is 30.5 Å². The molecule has 0 amide bonds. The monoisotopic (exact) mass is 351 g/mol. The molecular formula is C22H25NO3. The Balaban J connectivity index is 1.98. The van der Waals surface area contributed by atoms with Crippen LogP contribution in [-0.2, 0) is 26.3 Å². The molecule has 1 fully saturated rings. The number of fused-ring (bicyclic) bond motifs is 3. The highest BCUT2D eigenvalue weighted by Crippen LogP contribution is 2.61. The van der Waals surface area contributed by atoms with Crippen LogP contribution < -0.4 is 5.32 Å². The smallest absolute Gasteiger partial charge is 0.315 e. The second-order valence-electron chi connectivity index (χ2n) is 7.29. The average Bonchev–Trinajstić information content (AvgIpc) is 3.00. The molecule has 2 aromatic rings. The fourth-order valence-corrected chi connectivity index (χ4v) is 4.94. The summed E-state index contributed by atoms with van der Waals surface area (Å²) in [5, 5.41) is 3.22. The fraction of sp³-hybridized carbons (Fsp3) is 0.409. The van der Waals surface area contributed by atoms with Crippen molar-refractivity contribution in [2.75, 3.05) is 20.7 Å². The van der Waals surface area contributed by atoms with Crippen LogP contribution in [0.3, 0.4) is 0 Å². The summed E-state index contributed by atoms with van der Waals surface area (Å²) in [6.07, 6.45) is 2.27. The number of methoxy groups -OCH3 is 1. The predicted octanol–water partition coefficient (Wildman–Crippen LogP) is 3.04. The van der Waals surface area contributed by atoms with Gasteiger partial charge < -0.3 is 14.8 Å². The van der Waals surface area contributed by atoms with E-state index >= 15 is 0 Å². The molecule has 1 heterocycles. The lowest BCUT2D eigenvalue weighted by Crippen LogP contribution is -2.57. The van der Waals surface area contributed by atoms with E-state index in [1.807, 2.05) is 37.4 Å². The van der Waals surface area contributed by atoms with Gasteiger partial charge in [0.2, 0.25) is 0 Å². The molecule has 0 saturated carbocycles. The van der Waals surface area contributed by atoms with Gasteiger partial charge in [-0.1, -0.05) is 54.6 Å². The van der Waals surface area contributed by atoms with E-state index in [9.17, 15) is 4.79 Å². The summed E-state index contributed by atoms with van der Waals surface area (Å²) >= 11 is 0. The van der Waals surface area contributed by atoms with Crippen molar-refractivity contribution in [1.82, 2.24) is 5.32 Å². The van der Waals surface area contributed by atoms with Gasteiger partial charge in [-0.3, -0.25) is 4.79 Å². The van der Waals surface area contributed by atoms with Gasteiger partial charge in [-0.05, 0) is 43.0 Å². The van der Waals surface area contributed by atoms with Crippen LogP contribution in [0.2, 0.25) is 0 Å². The number of ether oxygens (including phenoxy) is 2. The van der Waals surface area contributed by atoms with Crippen LogP contribution in [0.4, 0.5) is 0 Å². The van der Waals surface area contributed by atoms with Crippen LogP contribution in [-0.4, -0.2) is 32.8 Å². The minimum Gasteiger partial charge on any atom is -0.468 e. The Hall–Kier alpha value is -2.17. The molecule has 0 spiro atoms. The standard InChI is InChI=1S/C22H25NO3/c1-23-15-18-12-13-21(20(24)25-2)14-16-8-6-7-11-19(16)22(21,26-18)17-9-4-3-5-10-17/h3-11,18,23H,12-15H2,1-2H3/t18-,21+,22-/m0/s1. The van der Waals surface area contributed by atoms with Crippen LogP contribution >= 0.6 is 0 Å². The summed E-state index contributed by atoms with van der Waals surface area (Å²) in [5.74, 6) is -0.180. The molecule has 0 unspecified atom stereocenters. The second kappa shape index (κ2) is 6.53. The quantitative estimate of drug-likeness (QED) is 0.860.